The number of nitro benzene ring substituents is 1. The number of carbonyl (C=O) groups is 2. The van der Waals surface area contributed by atoms with E-state index in [-0.39, 0.29) is 33.9 Å². The van der Waals surface area contributed by atoms with E-state index in [0.29, 0.717) is 24.1 Å². The summed E-state index contributed by atoms with van der Waals surface area (Å²) in [7, 11) is 0. The largest absolute Gasteiger partial charge is 0.294 e. The number of hydrogen-bond acceptors (Lipinski definition) is 6. The van der Waals surface area contributed by atoms with Crippen LogP contribution in [0.3, 0.4) is 0 Å². The van der Waals surface area contributed by atoms with Gasteiger partial charge in [-0.1, -0.05) is 24.6 Å². The summed E-state index contributed by atoms with van der Waals surface area (Å²) in [5.41, 5.74) is 0.630. The van der Waals surface area contributed by atoms with Gasteiger partial charge in [-0.05, 0) is 18.4 Å². The molecule has 8 nitrogen and oxygen atoms in total. The van der Waals surface area contributed by atoms with Crippen molar-refractivity contribution < 1.29 is 14.5 Å². The molecular formula is C16H13ClN4O4. The molecule has 0 saturated carbocycles. The Labute approximate surface area is 147 Å². The minimum atomic E-state index is -0.665. The molecule has 1 aromatic carbocycles. The van der Waals surface area contributed by atoms with Gasteiger partial charge in [0.25, 0.3) is 11.6 Å². The summed E-state index contributed by atoms with van der Waals surface area (Å²) in [6, 6.07) is 3.95. The van der Waals surface area contributed by atoms with Crippen LogP contribution in [0.1, 0.15) is 39.8 Å². The molecular weight excluding hydrogens is 348 g/mol. The molecule has 1 aliphatic carbocycles. The molecule has 1 heterocycles. The first-order valence-corrected chi connectivity index (χ1v) is 7.88. The van der Waals surface area contributed by atoms with Crippen molar-refractivity contribution in [2.75, 3.05) is 5.32 Å². The molecule has 3 rings (SSSR count). The molecule has 0 radical (unpaired) electrons. The van der Waals surface area contributed by atoms with Crippen LogP contribution >= 0.6 is 11.6 Å². The van der Waals surface area contributed by atoms with Gasteiger partial charge in [-0.25, -0.2) is 9.97 Å². The van der Waals surface area contributed by atoms with Gasteiger partial charge in [-0.15, -0.1) is 0 Å². The Morgan fingerprint density at radius 1 is 1.40 bits per heavy atom. The maximum atomic E-state index is 12.3. The number of fused-ring (bicyclic) bond motifs is 1. The third-order valence-electron chi connectivity index (χ3n) is 3.89. The van der Waals surface area contributed by atoms with Crippen molar-refractivity contribution in [3.63, 3.8) is 0 Å². The number of amides is 1. The maximum Gasteiger partial charge on any atom is 0.288 e. The molecule has 1 unspecified atom stereocenters. The molecule has 0 fully saturated rings. The van der Waals surface area contributed by atoms with Crippen molar-refractivity contribution in [1.82, 2.24) is 9.97 Å². The van der Waals surface area contributed by atoms with Crippen LogP contribution in [0.25, 0.3) is 0 Å². The van der Waals surface area contributed by atoms with Crippen LogP contribution in [-0.2, 0) is 6.42 Å². The smallest absolute Gasteiger partial charge is 0.288 e. The van der Waals surface area contributed by atoms with Gasteiger partial charge >= 0.3 is 0 Å². The fraction of sp³-hybridized carbons (Fsp3) is 0.250. The average molecular weight is 361 g/mol. The molecule has 25 heavy (non-hydrogen) atoms. The van der Waals surface area contributed by atoms with E-state index in [4.69, 9.17) is 11.6 Å². The van der Waals surface area contributed by atoms with Crippen molar-refractivity contribution in [3.8, 4) is 0 Å². The number of aromatic nitrogens is 2. The Morgan fingerprint density at radius 3 is 2.88 bits per heavy atom. The Balaban J connectivity index is 1.87. The number of ketones is 1. The van der Waals surface area contributed by atoms with Crippen molar-refractivity contribution in [1.29, 1.82) is 0 Å². The summed E-state index contributed by atoms with van der Waals surface area (Å²) in [5, 5.41) is 13.1. The van der Waals surface area contributed by atoms with Crippen LogP contribution < -0.4 is 5.32 Å². The highest BCUT2D eigenvalue weighted by atomic mass is 35.5. The molecule has 2 aromatic rings. The van der Waals surface area contributed by atoms with Crippen LogP contribution in [0.4, 0.5) is 11.6 Å². The predicted molar refractivity (Wildman–Crippen MR) is 89.9 cm³/mol. The molecule has 0 saturated heterocycles. The van der Waals surface area contributed by atoms with E-state index in [1.165, 1.54) is 24.4 Å². The van der Waals surface area contributed by atoms with Crippen molar-refractivity contribution in [3.05, 3.63) is 56.4 Å². The minimum absolute atomic E-state index is 0.0200. The van der Waals surface area contributed by atoms with Crippen molar-refractivity contribution in [2.24, 2.45) is 5.92 Å². The summed E-state index contributed by atoms with van der Waals surface area (Å²) in [4.78, 5) is 42.7. The Kier molecular flexibility index (Phi) is 4.45. The van der Waals surface area contributed by atoms with E-state index in [9.17, 15) is 19.7 Å². The number of nitrogens with one attached hydrogen (secondary N) is 1. The van der Waals surface area contributed by atoms with Crippen LogP contribution in [0.15, 0.2) is 24.4 Å². The molecule has 0 bridgehead atoms. The molecule has 1 aromatic heterocycles. The fourth-order valence-electron chi connectivity index (χ4n) is 2.70. The lowest BCUT2D eigenvalue weighted by Crippen LogP contribution is -2.22. The monoisotopic (exact) mass is 360 g/mol. The number of halogens is 1. The van der Waals surface area contributed by atoms with Gasteiger partial charge in [-0.3, -0.25) is 25.0 Å². The number of anilines is 1. The molecule has 1 amide bonds. The number of nitrogens with zero attached hydrogens (tertiary/aromatic N) is 3. The lowest BCUT2D eigenvalue weighted by Gasteiger charge is -2.19. The predicted octanol–water partition coefficient (Wildman–Crippen LogP) is 3.06. The van der Waals surface area contributed by atoms with Crippen LogP contribution in [0.2, 0.25) is 5.02 Å². The van der Waals surface area contributed by atoms with E-state index < -0.39 is 10.8 Å². The SMILES string of the molecule is CC1CC(=O)c2cnc(NC(=O)c3cccc([N+](=O)[O-])c3Cl)nc2C1. The molecule has 1 N–H and O–H groups in total. The first-order chi connectivity index (χ1) is 11.9. The molecule has 9 heteroatoms. The van der Waals surface area contributed by atoms with Gasteiger partial charge in [0.15, 0.2) is 5.78 Å². The van der Waals surface area contributed by atoms with E-state index >= 15 is 0 Å². The quantitative estimate of drug-likeness (QED) is 0.664. The molecule has 128 valence electrons. The van der Waals surface area contributed by atoms with E-state index in [2.05, 4.69) is 15.3 Å². The first-order valence-electron chi connectivity index (χ1n) is 7.50. The Bertz CT molecular complexity index is 900. The standard InChI is InChI=1S/C16H13ClN4O4/c1-8-5-11-10(13(22)6-8)7-18-16(19-11)20-15(23)9-3-2-4-12(14(9)17)21(24)25/h2-4,7-8H,5-6H2,1H3,(H,18,19,20,23). The second-order valence-corrected chi connectivity index (χ2v) is 6.22. The third-order valence-corrected chi connectivity index (χ3v) is 4.29. The zero-order chi connectivity index (χ0) is 18.1. The molecule has 0 spiro atoms. The maximum absolute atomic E-state index is 12.3. The molecule has 1 atom stereocenters. The van der Waals surface area contributed by atoms with Crippen molar-refractivity contribution >= 4 is 34.9 Å². The van der Waals surface area contributed by atoms with Gasteiger partial charge in [0.1, 0.15) is 5.02 Å². The highest BCUT2D eigenvalue weighted by Gasteiger charge is 2.25. The van der Waals surface area contributed by atoms with Crippen LogP contribution in [-0.4, -0.2) is 26.6 Å². The Morgan fingerprint density at radius 2 is 2.16 bits per heavy atom. The van der Waals surface area contributed by atoms with Gasteiger partial charge in [0.05, 0.1) is 21.7 Å². The highest BCUT2D eigenvalue weighted by molar-refractivity contribution is 6.36. The second-order valence-electron chi connectivity index (χ2n) is 5.84. The van der Waals surface area contributed by atoms with Crippen LogP contribution in [0, 0.1) is 16.0 Å². The summed E-state index contributed by atoms with van der Waals surface area (Å²) in [6.45, 7) is 1.95. The summed E-state index contributed by atoms with van der Waals surface area (Å²) < 4.78 is 0. The number of rotatable bonds is 3. The van der Waals surface area contributed by atoms with Gasteiger partial charge < -0.3 is 0 Å². The van der Waals surface area contributed by atoms with E-state index in [1.807, 2.05) is 6.92 Å². The number of benzene rings is 1. The Hall–Kier alpha value is -2.87. The molecule has 0 aliphatic heterocycles. The zero-order valence-electron chi connectivity index (χ0n) is 13.2. The normalized spacial score (nSPS) is 16.2. The number of carbonyl (C=O) groups excluding carboxylic acids is 2. The second kappa shape index (κ2) is 6.56. The number of hydrogen-bond donors (Lipinski definition) is 1. The van der Waals surface area contributed by atoms with E-state index in [1.54, 1.807) is 0 Å². The zero-order valence-corrected chi connectivity index (χ0v) is 13.9. The lowest BCUT2D eigenvalue weighted by molar-refractivity contribution is -0.384. The number of nitro groups is 1. The summed E-state index contributed by atoms with van der Waals surface area (Å²) in [5.74, 6) is -0.491. The van der Waals surface area contributed by atoms with Gasteiger partial charge in [-0.2, -0.15) is 0 Å². The first kappa shape index (κ1) is 17.0. The van der Waals surface area contributed by atoms with Gasteiger partial charge in [0.2, 0.25) is 5.95 Å². The highest BCUT2D eigenvalue weighted by Crippen LogP contribution is 2.28. The third kappa shape index (κ3) is 3.34. The lowest BCUT2D eigenvalue weighted by atomic mass is 9.88. The molecule has 1 aliphatic rings. The minimum Gasteiger partial charge on any atom is -0.294 e. The van der Waals surface area contributed by atoms with Gasteiger partial charge in [0, 0.05) is 18.7 Å². The fourth-order valence-corrected chi connectivity index (χ4v) is 2.98. The van der Waals surface area contributed by atoms with Crippen LogP contribution in [0.5, 0.6) is 0 Å². The van der Waals surface area contributed by atoms with E-state index in [0.717, 1.165) is 0 Å². The summed E-state index contributed by atoms with van der Waals surface area (Å²) in [6.07, 6.45) is 2.45. The topological polar surface area (TPSA) is 115 Å². The average Bonchev–Trinajstić information content (AvgIpc) is 2.54. The number of Topliss-reactive ketones (excluding diaryl/α,β-unsaturated/α-hetero) is 1. The summed E-state index contributed by atoms with van der Waals surface area (Å²) >= 11 is 5.93. The van der Waals surface area contributed by atoms with Crippen molar-refractivity contribution in [2.45, 2.75) is 19.8 Å².